The van der Waals surface area contributed by atoms with Gasteiger partial charge in [0.1, 0.15) is 0 Å². The lowest BCUT2D eigenvalue weighted by molar-refractivity contribution is -0.0281. The molecule has 2 atom stereocenters. The molecule has 2 unspecified atom stereocenters. The van der Waals surface area contributed by atoms with Crippen LogP contribution in [0.4, 0.5) is 17.1 Å². The molecule has 8 aromatic carbocycles. The minimum atomic E-state index is 0.148. The lowest BCUT2D eigenvalue weighted by atomic mass is 9.34. The monoisotopic (exact) mass is 855 g/mol. The van der Waals surface area contributed by atoms with Crippen molar-refractivity contribution in [3.8, 4) is 22.3 Å². The van der Waals surface area contributed by atoms with Crippen LogP contribution in [-0.4, -0.2) is 6.71 Å². The smallest absolute Gasteiger partial charge is 0.242 e. The Hall–Kier alpha value is -6.38. The predicted molar refractivity (Wildman–Crippen MR) is 282 cm³/mol. The van der Waals surface area contributed by atoms with Gasteiger partial charge in [0.25, 0.3) is 0 Å². The number of rotatable bonds is 10. The predicted octanol–water partition coefficient (Wildman–Crippen LogP) is 14.6. The average Bonchev–Trinajstić information content (AvgIpc) is 3.31. The van der Waals surface area contributed by atoms with E-state index in [1.54, 1.807) is 11.1 Å². The Kier molecular flexibility index (Phi) is 10.8. The van der Waals surface area contributed by atoms with Crippen LogP contribution in [0.25, 0.3) is 22.3 Å². The van der Waals surface area contributed by atoms with E-state index < -0.39 is 0 Å². The molecule has 0 aromatic heterocycles. The molecule has 0 radical (unpaired) electrons. The fourth-order valence-electron chi connectivity index (χ4n) is 14.1. The molecule has 0 aliphatic heterocycles. The van der Waals surface area contributed by atoms with Gasteiger partial charge >= 0.3 is 0 Å². The first-order valence-corrected chi connectivity index (χ1v) is 24.5. The first kappa shape index (κ1) is 42.3. The number of benzene rings is 8. The highest BCUT2D eigenvalue weighted by atomic mass is 15.1. The molecule has 4 saturated carbocycles. The fourth-order valence-corrected chi connectivity index (χ4v) is 14.1. The maximum Gasteiger partial charge on any atom is 0.242 e. The van der Waals surface area contributed by atoms with Crippen molar-refractivity contribution in [1.29, 1.82) is 0 Å². The summed E-state index contributed by atoms with van der Waals surface area (Å²) in [5, 5.41) is 0. The maximum absolute atomic E-state index is 2.51. The Morgan fingerprint density at radius 3 is 1.29 bits per heavy atom. The molecule has 326 valence electrons. The zero-order chi connectivity index (χ0) is 45.2. The van der Waals surface area contributed by atoms with Gasteiger partial charge in [-0.15, -0.1) is 0 Å². The summed E-state index contributed by atoms with van der Waals surface area (Å²) in [6, 6.07) is 69.2. The fraction of sp³-hybridized carbons (Fsp3) is 0.250. The van der Waals surface area contributed by atoms with E-state index in [4.69, 9.17) is 0 Å². The van der Waals surface area contributed by atoms with E-state index in [0.717, 1.165) is 11.8 Å². The summed E-state index contributed by atoms with van der Waals surface area (Å²) >= 11 is 0. The molecular formula is C64H62BN. The van der Waals surface area contributed by atoms with E-state index in [1.807, 2.05) is 0 Å². The molecule has 4 aliphatic carbocycles. The van der Waals surface area contributed by atoms with Crippen molar-refractivity contribution in [2.45, 2.75) is 90.9 Å². The topological polar surface area (TPSA) is 3.24 Å². The van der Waals surface area contributed by atoms with Crippen LogP contribution in [0.1, 0.15) is 83.0 Å². The van der Waals surface area contributed by atoms with Crippen LogP contribution in [0.15, 0.2) is 182 Å². The van der Waals surface area contributed by atoms with Crippen LogP contribution < -0.4 is 21.3 Å². The standard InChI is InChI=1S/C64H62BN/c1-43-31-45(3)61(46(4)32-43)65(62-47(5)33-44(2)34-48(62)6)57-18-14-17-54(37-57)53-16-13-15-52(36-53)51-23-25-55(26-24-51)63-38-49-35-50(39-63)41-64(40-49,42-63)56-27-29-60(30-28-56)66(58-19-9-7-10-20-58)59-21-11-8-12-22-59/h7-34,36-37,49-50H,35,38-42H2,1-6H3. The van der Waals surface area contributed by atoms with Gasteiger partial charge in [-0.2, -0.15) is 0 Å². The lowest BCUT2D eigenvalue weighted by Gasteiger charge is -2.63. The number of anilines is 3. The Labute approximate surface area is 394 Å². The summed E-state index contributed by atoms with van der Waals surface area (Å²) in [6.45, 7) is 13.8. The first-order valence-electron chi connectivity index (χ1n) is 24.5. The quantitative estimate of drug-likeness (QED) is 0.124. The number of aryl methyl sites for hydroxylation is 6. The highest BCUT2D eigenvalue weighted by Crippen LogP contribution is 2.66. The summed E-state index contributed by atoms with van der Waals surface area (Å²) in [6.07, 6.45) is 7.96. The van der Waals surface area contributed by atoms with Crippen molar-refractivity contribution in [3.63, 3.8) is 0 Å². The van der Waals surface area contributed by atoms with E-state index in [-0.39, 0.29) is 17.5 Å². The van der Waals surface area contributed by atoms with Crippen molar-refractivity contribution in [1.82, 2.24) is 0 Å². The molecule has 1 nitrogen and oxygen atoms in total. The van der Waals surface area contributed by atoms with Crippen molar-refractivity contribution in [2.24, 2.45) is 11.8 Å². The number of hydrogen-bond acceptors (Lipinski definition) is 1. The Morgan fingerprint density at radius 1 is 0.394 bits per heavy atom. The molecule has 12 rings (SSSR count). The summed E-state index contributed by atoms with van der Waals surface area (Å²) in [7, 11) is 0. The molecular weight excluding hydrogens is 794 g/mol. The third-order valence-corrected chi connectivity index (χ3v) is 16.1. The largest absolute Gasteiger partial charge is 0.311 e. The molecule has 2 heteroatoms. The van der Waals surface area contributed by atoms with Gasteiger partial charge in [-0.1, -0.05) is 189 Å². The van der Waals surface area contributed by atoms with Crippen LogP contribution in [0.5, 0.6) is 0 Å². The number of nitrogens with zero attached hydrogens (tertiary/aromatic N) is 1. The minimum absolute atomic E-state index is 0.148. The Balaban J connectivity index is 0.883. The zero-order valence-corrected chi connectivity index (χ0v) is 39.7. The molecule has 0 spiro atoms. The van der Waals surface area contributed by atoms with Crippen molar-refractivity contribution < 1.29 is 0 Å². The zero-order valence-electron chi connectivity index (χ0n) is 39.7. The molecule has 4 bridgehead atoms. The summed E-state index contributed by atoms with van der Waals surface area (Å²) in [5.41, 5.74) is 24.5. The second kappa shape index (κ2) is 16.8. The van der Waals surface area contributed by atoms with Gasteiger partial charge in [-0.3, -0.25) is 0 Å². The SMILES string of the molecule is Cc1cc(C)c(B(c2cccc(-c3cccc(-c4ccc(C56CC7CC(C5)CC(c5ccc(N(c8ccccc8)c8ccccc8)cc5)(C7)C6)cc4)c3)c2)c2c(C)cc(C)cc2C)c(C)c1. The number of para-hydroxylation sites is 2. The molecule has 66 heavy (non-hydrogen) atoms. The van der Waals surface area contributed by atoms with Gasteiger partial charge in [0.15, 0.2) is 0 Å². The second-order valence-electron chi connectivity index (χ2n) is 20.9. The lowest BCUT2D eigenvalue weighted by Crippen LogP contribution is -2.55. The van der Waals surface area contributed by atoms with Crippen LogP contribution in [0.2, 0.25) is 0 Å². The molecule has 0 amide bonds. The van der Waals surface area contributed by atoms with Crippen molar-refractivity contribution in [3.05, 3.63) is 226 Å². The normalized spacial score (nSPS) is 20.6. The van der Waals surface area contributed by atoms with Gasteiger partial charge in [-0.25, -0.2) is 0 Å². The van der Waals surface area contributed by atoms with Gasteiger partial charge in [0.05, 0.1) is 0 Å². The van der Waals surface area contributed by atoms with Gasteiger partial charge in [0.2, 0.25) is 6.71 Å². The third-order valence-electron chi connectivity index (χ3n) is 16.1. The Bertz CT molecular complexity index is 2900. The maximum atomic E-state index is 2.51. The molecule has 0 heterocycles. The van der Waals surface area contributed by atoms with Crippen molar-refractivity contribution >= 4 is 40.2 Å². The second-order valence-corrected chi connectivity index (χ2v) is 20.9. The summed E-state index contributed by atoms with van der Waals surface area (Å²) in [4.78, 5) is 2.39. The van der Waals surface area contributed by atoms with E-state index in [2.05, 4.69) is 228 Å². The number of hydrogen-bond donors (Lipinski definition) is 0. The van der Waals surface area contributed by atoms with Gasteiger partial charge in [0, 0.05) is 17.1 Å². The molecule has 0 saturated heterocycles. The van der Waals surface area contributed by atoms with Gasteiger partial charge < -0.3 is 4.90 Å². The summed E-state index contributed by atoms with van der Waals surface area (Å²) < 4.78 is 0. The van der Waals surface area contributed by atoms with Crippen molar-refractivity contribution in [2.75, 3.05) is 4.90 Å². The van der Waals surface area contributed by atoms with Crippen LogP contribution >= 0.6 is 0 Å². The Morgan fingerprint density at radius 2 is 0.803 bits per heavy atom. The third kappa shape index (κ3) is 7.63. The molecule has 8 aromatic rings. The first-order chi connectivity index (χ1) is 32.0. The highest BCUT2D eigenvalue weighted by Gasteiger charge is 2.58. The van der Waals surface area contributed by atoms with Crippen LogP contribution in [-0.2, 0) is 10.8 Å². The van der Waals surface area contributed by atoms with Crippen LogP contribution in [0, 0.1) is 53.4 Å². The average molecular weight is 856 g/mol. The van der Waals surface area contributed by atoms with E-state index in [9.17, 15) is 0 Å². The van der Waals surface area contributed by atoms with Gasteiger partial charge in [-0.05, 0) is 179 Å². The summed E-state index contributed by atoms with van der Waals surface area (Å²) in [5.74, 6) is 1.58. The van der Waals surface area contributed by atoms with E-state index in [0.29, 0.717) is 0 Å². The van der Waals surface area contributed by atoms with E-state index in [1.165, 1.54) is 128 Å². The minimum Gasteiger partial charge on any atom is -0.311 e. The van der Waals surface area contributed by atoms with E-state index >= 15 is 0 Å². The molecule has 4 fully saturated rings. The molecule has 0 N–H and O–H groups in total. The highest BCUT2D eigenvalue weighted by molar-refractivity contribution is 6.96. The van der Waals surface area contributed by atoms with Crippen LogP contribution in [0.3, 0.4) is 0 Å². The molecule has 4 aliphatic rings.